The summed E-state index contributed by atoms with van der Waals surface area (Å²) in [4.78, 5) is 18.8. The van der Waals surface area contributed by atoms with Crippen molar-refractivity contribution < 1.29 is 14.3 Å². The lowest BCUT2D eigenvalue weighted by Gasteiger charge is -2.57. The zero-order chi connectivity index (χ0) is 28.4. The van der Waals surface area contributed by atoms with Crippen LogP contribution in [0.4, 0.5) is 0 Å². The Morgan fingerprint density at radius 1 is 1.12 bits per heavy atom. The van der Waals surface area contributed by atoms with Crippen molar-refractivity contribution >= 4 is 29.1 Å². The molecule has 5 rings (SSSR count). The number of carbonyl (C=O) groups is 1. The number of fused-ring (bicyclic) bond motifs is 1. The van der Waals surface area contributed by atoms with E-state index in [4.69, 9.17) is 32.7 Å². The molecule has 0 N–H and O–H groups in total. The Kier molecular flexibility index (Phi) is 9.36. The second-order valence-corrected chi connectivity index (χ2v) is 13.5. The van der Waals surface area contributed by atoms with Crippen molar-refractivity contribution in [2.45, 2.75) is 69.9 Å². The largest absolute Gasteiger partial charge is 0.497 e. The van der Waals surface area contributed by atoms with Crippen molar-refractivity contribution in [3.8, 4) is 5.75 Å². The van der Waals surface area contributed by atoms with Crippen LogP contribution in [-0.4, -0.2) is 68.3 Å². The maximum absolute atomic E-state index is 14.0. The monoisotopic (exact) mass is 586 g/mol. The summed E-state index contributed by atoms with van der Waals surface area (Å²) in [5.74, 6) is 2.60. The Morgan fingerprint density at radius 3 is 2.60 bits per heavy atom. The normalized spacial score (nSPS) is 26.9. The number of likely N-dealkylation sites (tertiary alicyclic amines) is 1. The number of methoxy groups -OCH3 is 2. The average Bonchev–Trinajstić information content (AvgIpc) is 3.77. The molecule has 1 unspecified atom stereocenters. The molecule has 1 heterocycles. The molecule has 218 valence electrons. The van der Waals surface area contributed by atoms with Crippen LogP contribution < -0.4 is 4.74 Å². The first-order chi connectivity index (χ1) is 19.2. The molecule has 3 fully saturated rings. The molecule has 2 aliphatic carbocycles. The Balaban J connectivity index is 1.48. The highest BCUT2D eigenvalue weighted by Crippen LogP contribution is 2.52. The molecule has 0 radical (unpaired) electrons. The molecular weight excluding hydrogens is 543 g/mol. The Hall–Kier alpha value is -1.79. The van der Waals surface area contributed by atoms with E-state index in [-0.39, 0.29) is 23.5 Å². The van der Waals surface area contributed by atoms with Crippen LogP contribution >= 0.6 is 23.2 Å². The van der Waals surface area contributed by atoms with E-state index in [9.17, 15) is 4.79 Å². The van der Waals surface area contributed by atoms with E-state index >= 15 is 0 Å². The summed E-state index contributed by atoms with van der Waals surface area (Å²) in [6.45, 7) is 8.41. The number of rotatable bonds is 10. The number of hydrogen-bond acceptors (Lipinski definition) is 4. The zero-order valence-corrected chi connectivity index (χ0v) is 25.9. The fourth-order valence-electron chi connectivity index (χ4n) is 7.26. The van der Waals surface area contributed by atoms with E-state index < -0.39 is 0 Å². The van der Waals surface area contributed by atoms with Crippen molar-refractivity contribution in [3.05, 3.63) is 63.6 Å². The summed E-state index contributed by atoms with van der Waals surface area (Å²) in [5, 5.41) is 0.990. The number of amides is 1. The minimum Gasteiger partial charge on any atom is -0.497 e. The lowest BCUT2D eigenvalue weighted by molar-refractivity contribution is -0.140. The summed E-state index contributed by atoms with van der Waals surface area (Å²) in [6.07, 6.45) is 5.95. The number of halogens is 2. The van der Waals surface area contributed by atoms with Gasteiger partial charge in [-0.2, -0.15) is 0 Å². The third kappa shape index (κ3) is 6.48. The van der Waals surface area contributed by atoms with E-state index in [0.717, 1.165) is 49.6 Å². The van der Waals surface area contributed by atoms with Gasteiger partial charge in [0.15, 0.2) is 0 Å². The molecule has 2 aromatic rings. The van der Waals surface area contributed by atoms with Gasteiger partial charge in [0, 0.05) is 44.1 Å². The van der Waals surface area contributed by atoms with Crippen LogP contribution in [0.25, 0.3) is 0 Å². The van der Waals surface area contributed by atoms with E-state index in [1.54, 1.807) is 13.2 Å². The van der Waals surface area contributed by atoms with Crippen LogP contribution in [0, 0.1) is 17.8 Å². The minimum absolute atomic E-state index is 0.0689. The highest BCUT2D eigenvalue weighted by molar-refractivity contribution is 6.42. The van der Waals surface area contributed by atoms with Gasteiger partial charge >= 0.3 is 0 Å². The lowest BCUT2D eigenvalue weighted by Crippen LogP contribution is -2.62. The maximum Gasteiger partial charge on any atom is 0.227 e. The second-order valence-electron chi connectivity index (χ2n) is 12.7. The molecule has 40 heavy (non-hydrogen) atoms. The van der Waals surface area contributed by atoms with Crippen LogP contribution in [0.3, 0.4) is 0 Å². The summed E-state index contributed by atoms with van der Waals surface area (Å²) >= 11 is 12.4. The molecule has 2 saturated carbocycles. The Bertz CT molecular complexity index is 1190. The van der Waals surface area contributed by atoms with Crippen LogP contribution in [0.2, 0.25) is 10.0 Å². The summed E-state index contributed by atoms with van der Waals surface area (Å²) < 4.78 is 12.0. The highest BCUT2D eigenvalue weighted by atomic mass is 35.5. The molecule has 0 bridgehead atoms. The van der Waals surface area contributed by atoms with Crippen LogP contribution in [0.15, 0.2) is 42.5 Å². The number of hydrogen-bond donors (Lipinski definition) is 0. The Labute approximate surface area is 250 Å². The SMILES string of the molecule is COc1cccc([C@@]23CCN(CC4CC4)C[C@H]2C(OC)C[C@H](N(CC(C)C)C(=O)Cc2ccc(Cl)c(Cl)c2)C3)c1. The van der Waals surface area contributed by atoms with Gasteiger partial charge in [0.05, 0.1) is 29.7 Å². The number of carbonyl (C=O) groups excluding carboxylic acids is 1. The van der Waals surface area contributed by atoms with Crippen molar-refractivity contribution in [2.75, 3.05) is 40.4 Å². The van der Waals surface area contributed by atoms with Gasteiger partial charge in [-0.25, -0.2) is 0 Å². The Morgan fingerprint density at radius 2 is 1.93 bits per heavy atom. The first-order valence-electron chi connectivity index (χ1n) is 14.9. The molecule has 4 atom stereocenters. The number of piperidine rings is 1. The third-order valence-electron chi connectivity index (χ3n) is 9.41. The topological polar surface area (TPSA) is 42.0 Å². The zero-order valence-electron chi connectivity index (χ0n) is 24.4. The molecule has 1 saturated heterocycles. The van der Waals surface area contributed by atoms with Crippen molar-refractivity contribution in [2.24, 2.45) is 17.8 Å². The van der Waals surface area contributed by atoms with Gasteiger partial charge < -0.3 is 19.3 Å². The third-order valence-corrected chi connectivity index (χ3v) is 10.2. The molecule has 3 aliphatic rings. The van der Waals surface area contributed by atoms with Crippen LogP contribution in [0.1, 0.15) is 57.1 Å². The first-order valence-corrected chi connectivity index (χ1v) is 15.6. The standard InChI is InChI=1S/C33H44Cl2N2O3/c1-22(2)19-37(32(38)15-24-10-11-29(34)30(35)14-24)26-17-31(40-4)28-21-36(20-23-8-9-23)13-12-33(28,18-26)25-6-5-7-27(16-25)39-3/h5-7,10-11,14,16,22-23,26,28,31H,8-9,12-13,15,17-21H2,1-4H3/t26-,28-,31?,33-/m0/s1. The van der Waals surface area contributed by atoms with Gasteiger partial charge in [0.1, 0.15) is 5.75 Å². The molecule has 0 spiro atoms. The highest BCUT2D eigenvalue weighted by Gasteiger charge is 2.54. The van der Waals surface area contributed by atoms with Gasteiger partial charge in [0.2, 0.25) is 5.91 Å². The first kappa shape index (κ1) is 29.7. The van der Waals surface area contributed by atoms with Gasteiger partial charge in [-0.3, -0.25) is 4.79 Å². The average molecular weight is 588 g/mol. The maximum atomic E-state index is 14.0. The molecule has 1 aliphatic heterocycles. The number of benzene rings is 2. The van der Waals surface area contributed by atoms with Gasteiger partial charge in [-0.05, 0) is 85.9 Å². The van der Waals surface area contributed by atoms with E-state index in [1.165, 1.54) is 24.9 Å². The van der Waals surface area contributed by atoms with E-state index in [0.29, 0.717) is 34.8 Å². The summed E-state index contributed by atoms with van der Waals surface area (Å²) in [7, 11) is 3.59. The second kappa shape index (κ2) is 12.6. The molecule has 2 aromatic carbocycles. The molecule has 0 aromatic heterocycles. The smallest absolute Gasteiger partial charge is 0.227 e. The van der Waals surface area contributed by atoms with E-state index in [1.807, 2.05) is 25.3 Å². The quantitative estimate of drug-likeness (QED) is 0.304. The van der Waals surface area contributed by atoms with Crippen molar-refractivity contribution in [3.63, 3.8) is 0 Å². The van der Waals surface area contributed by atoms with Crippen LogP contribution in [0.5, 0.6) is 5.75 Å². The fourth-order valence-corrected chi connectivity index (χ4v) is 7.58. The number of ether oxygens (including phenoxy) is 2. The van der Waals surface area contributed by atoms with Crippen molar-refractivity contribution in [1.82, 2.24) is 9.80 Å². The van der Waals surface area contributed by atoms with Gasteiger partial charge in [0.25, 0.3) is 0 Å². The number of nitrogens with zero attached hydrogens (tertiary/aromatic N) is 2. The lowest BCUT2D eigenvalue weighted by atomic mass is 9.56. The van der Waals surface area contributed by atoms with Crippen LogP contribution in [-0.2, 0) is 21.4 Å². The van der Waals surface area contributed by atoms with Gasteiger partial charge in [-0.1, -0.05) is 55.2 Å². The molecular formula is C33H44Cl2N2O3. The minimum atomic E-state index is -0.0860. The van der Waals surface area contributed by atoms with Crippen molar-refractivity contribution in [1.29, 1.82) is 0 Å². The summed E-state index contributed by atoms with van der Waals surface area (Å²) in [5.41, 5.74) is 2.12. The predicted octanol–water partition coefficient (Wildman–Crippen LogP) is 6.88. The van der Waals surface area contributed by atoms with Gasteiger partial charge in [-0.15, -0.1) is 0 Å². The molecule has 7 heteroatoms. The van der Waals surface area contributed by atoms with E-state index in [2.05, 4.69) is 41.8 Å². The predicted molar refractivity (Wildman–Crippen MR) is 162 cm³/mol. The molecule has 5 nitrogen and oxygen atoms in total. The molecule has 1 amide bonds. The fraction of sp³-hybridized carbons (Fsp3) is 0.606. The summed E-state index contributed by atoms with van der Waals surface area (Å²) in [6, 6.07) is 14.2.